The fraction of sp³-hybridized carbons (Fsp3) is 0.0476. The van der Waals surface area contributed by atoms with E-state index in [-0.39, 0.29) is 0 Å². The normalized spacial score (nSPS) is 11.7. The van der Waals surface area contributed by atoms with Crippen LogP contribution in [0.5, 0.6) is 0 Å². The molecule has 3 aromatic heterocycles. The first-order valence-corrected chi connectivity index (χ1v) is 8.29. The number of amidine groups is 1. The number of nitrogens with zero attached hydrogens (tertiary/aromatic N) is 4. The maximum absolute atomic E-state index is 6.24. The topological polar surface area (TPSA) is 77.0 Å². The first-order chi connectivity index (χ1) is 12.7. The van der Waals surface area contributed by atoms with Crippen molar-refractivity contribution in [2.45, 2.75) is 6.92 Å². The Balaban J connectivity index is 1.89. The molecule has 0 atom stereocenters. The molecule has 5 heteroatoms. The Hall–Kier alpha value is -3.60. The lowest BCUT2D eigenvalue weighted by Gasteiger charge is -2.08. The summed E-state index contributed by atoms with van der Waals surface area (Å²) < 4.78 is 0. The largest absolute Gasteiger partial charge is 0.383 e. The van der Waals surface area contributed by atoms with Crippen LogP contribution in [0.1, 0.15) is 11.3 Å². The summed E-state index contributed by atoms with van der Waals surface area (Å²) in [6, 6.07) is 19.5. The molecule has 0 saturated carbocycles. The van der Waals surface area contributed by atoms with Gasteiger partial charge in [-0.25, -0.2) is 9.98 Å². The summed E-state index contributed by atoms with van der Waals surface area (Å²) in [7, 11) is 0. The van der Waals surface area contributed by atoms with Crippen LogP contribution in [-0.2, 0) is 0 Å². The SMILES string of the molecule is Cc1cc(C(N)=Nc2nc(-c3ccccn3)cc3ccccc23)ccn1. The van der Waals surface area contributed by atoms with Crippen molar-refractivity contribution in [3.8, 4) is 11.4 Å². The average molecular weight is 339 g/mol. The zero-order valence-corrected chi connectivity index (χ0v) is 14.3. The van der Waals surface area contributed by atoms with Crippen LogP contribution in [0.3, 0.4) is 0 Å². The second-order valence-corrected chi connectivity index (χ2v) is 5.95. The number of hydrogen-bond acceptors (Lipinski definition) is 4. The van der Waals surface area contributed by atoms with Crippen molar-refractivity contribution in [3.63, 3.8) is 0 Å². The fourth-order valence-corrected chi connectivity index (χ4v) is 2.79. The van der Waals surface area contributed by atoms with Crippen LogP contribution in [0, 0.1) is 6.92 Å². The van der Waals surface area contributed by atoms with Gasteiger partial charge >= 0.3 is 0 Å². The Bertz CT molecular complexity index is 1100. The molecule has 0 saturated heterocycles. The highest BCUT2D eigenvalue weighted by Gasteiger charge is 2.09. The number of pyridine rings is 3. The second kappa shape index (κ2) is 6.72. The summed E-state index contributed by atoms with van der Waals surface area (Å²) in [5.74, 6) is 0.988. The molecule has 0 aliphatic heterocycles. The number of aryl methyl sites for hydroxylation is 1. The summed E-state index contributed by atoms with van der Waals surface area (Å²) in [5, 5.41) is 1.99. The molecule has 0 amide bonds. The molecule has 1 aromatic carbocycles. The van der Waals surface area contributed by atoms with Gasteiger partial charge in [0.2, 0.25) is 0 Å². The van der Waals surface area contributed by atoms with E-state index in [4.69, 9.17) is 10.7 Å². The van der Waals surface area contributed by atoms with Crippen LogP contribution in [0.4, 0.5) is 5.82 Å². The van der Waals surface area contributed by atoms with E-state index in [1.165, 1.54) is 0 Å². The lowest BCUT2D eigenvalue weighted by molar-refractivity contribution is 1.19. The Morgan fingerprint density at radius 1 is 0.885 bits per heavy atom. The van der Waals surface area contributed by atoms with Gasteiger partial charge in [0.05, 0.1) is 11.4 Å². The molecule has 26 heavy (non-hydrogen) atoms. The molecule has 4 aromatic rings. The minimum Gasteiger partial charge on any atom is -0.383 e. The predicted molar refractivity (Wildman–Crippen MR) is 104 cm³/mol. The van der Waals surface area contributed by atoms with Crippen molar-refractivity contribution in [1.29, 1.82) is 0 Å². The summed E-state index contributed by atoms with van der Waals surface area (Å²) >= 11 is 0. The van der Waals surface area contributed by atoms with Crippen LogP contribution in [-0.4, -0.2) is 20.8 Å². The van der Waals surface area contributed by atoms with Crippen molar-refractivity contribution < 1.29 is 0 Å². The Labute approximate surface area is 151 Å². The van der Waals surface area contributed by atoms with E-state index in [1.807, 2.05) is 67.6 Å². The molecule has 0 bridgehead atoms. The van der Waals surface area contributed by atoms with E-state index in [2.05, 4.69) is 15.0 Å². The van der Waals surface area contributed by atoms with Gasteiger partial charge in [0.15, 0.2) is 5.82 Å². The minimum atomic E-state index is 0.409. The van der Waals surface area contributed by atoms with Crippen molar-refractivity contribution in [2.24, 2.45) is 10.7 Å². The van der Waals surface area contributed by atoms with Gasteiger partial charge in [0, 0.05) is 29.0 Å². The third kappa shape index (κ3) is 3.15. The molecule has 0 fully saturated rings. The molecular weight excluding hydrogens is 322 g/mol. The molecule has 0 unspecified atom stereocenters. The number of rotatable bonds is 3. The Kier molecular flexibility index (Phi) is 4.11. The molecule has 0 aliphatic rings. The summed E-state index contributed by atoms with van der Waals surface area (Å²) in [4.78, 5) is 17.9. The van der Waals surface area contributed by atoms with E-state index in [0.29, 0.717) is 11.7 Å². The van der Waals surface area contributed by atoms with Crippen LogP contribution < -0.4 is 5.73 Å². The number of aromatic nitrogens is 3. The lowest BCUT2D eigenvalue weighted by Crippen LogP contribution is -2.13. The fourth-order valence-electron chi connectivity index (χ4n) is 2.79. The highest BCUT2D eigenvalue weighted by Crippen LogP contribution is 2.29. The van der Waals surface area contributed by atoms with Gasteiger partial charge in [-0.2, -0.15) is 0 Å². The number of benzene rings is 1. The number of nitrogens with two attached hydrogens (primary N) is 1. The Morgan fingerprint density at radius 3 is 2.54 bits per heavy atom. The van der Waals surface area contributed by atoms with Gasteiger partial charge in [-0.05, 0) is 42.6 Å². The third-order valence-electron chi connectivity index (χ3n) is 4.07. The first kappa shape index (κ1) is 15.9. The van der Waals surface area contributed by atoms with Crippen molar-refractivity contribution >= 4 is 22.4 Å². The van der Waals surface area contributed by atoms with Crippen LogP contribution in [0.2, 0.25) is 0 Å². The van der Waals surface area contributed by atoms with Crippen molar-refractivity contribution in [2.75, 3.05) is 0 Å². The average Bonchev–Trinajstić information content (AvgIpc) is 2.68. The zero-order chi connectivity index (χ0) is 17.9. The molecule has 0 spiro atoms. The third-order valence-corrected chi connectivity index (χ3v) is 4.07. The van der Waals surface area contributed by atoms with E-state index in [1.54, 1.807) is 12.4 Å². The molecular formula is C21H17N5. The van der Waals surface area contributed by atoms with Crippen LogP contribution >= 0.6 is 0 Å². The van der Waals surface area contributed by atoms with E-state index < -0.39 is 0 Å². The summed E-state index contributed by atoms with van der Waals surface area (Å²) in [5.41, 5.74) is 9.52. The predicted octanol–water partition coefficient (Wildman–Crippen LogP) is 4.04. The summed E-state index contributed by atoms with van der Waals surface area (Å²) in [6.07, 6.45) is 3.48. The molecule has 4 rings (SSSR count). The molecule has 5 nitrogen and oxygen atoms in total. The van der Waals surface area contributed by atoms with E-state index in [0.717, 1.165) is 33.4 Å². The highest BCUT2D eigenvalue weighted by atomic mass is 15.0. The van der Waals surface area contributed by atoms with Gasteiger partial charge in [0.1, 0.15) is 5.84 Å². The molecule has 126 valence electrons. The van der Waals surface area contributed by atoms with Crippen LogP contribution in [0.15, 0.2) is 78.0 Å². The monoisotopic (exact) mass is 339 g/mol. The van der Waals surface area contributed by atoms with Gasteiger partial charge in [-0.15, -0.1) is 0 Å². The highest BCUT2D eigenvalue weighted by molar-refractivity contribution is 6.02. The molecule has 2 N–H and O–H groups in total. The molecule has 0 radical (unpaired) electrons. The van der Waals surface area contributed by atoms with Gasteiger partial charge < -0.3 is 5.73 Å². The van der Waals surface area contributed by atoms with Gasteiger partial charge in [-0.1, -0.05) is 30.3 Å². The first-order valence-electron chi connectivity index (χ1n) is 8.29. The van der Waals surface area contributed by atoms with Gasteiger partial charge in [-0.3, -0.25) is 9.97 Å². The van der Waals surface area contributed by atoms with E-state index >= 15 is 0 Å². The van der Waals surface area contributed by atoms with Gasteiger partial charge in [0.25, 0.3) is 0 Å². The number of fused-ring (bicyclic) bond motifs is 1. The van der Waals surface area contributed by atoms with Crippen LogP contribution in [0.25, 0.3) is 22.2 Å². The second-order valence-electron chi connectivity index (χ2n) is 5.95. The van der Waals surface area contributed by atoms with E-state index in [9.17, 15) is 0 Å². The maximum atomic E-state index is 6.24. The zero-order valence-electron chi connectivity index (χ0n) is 14.3. The maximum Gasteiger partial charge on any atom is 0.162 e. The van der Waals surface area contributed by atoms with Crippen molar-refractivity contribution in [3.05, 3.63) is 84.3 Å². The van der Waals surface area contributed by atoms with Crippen molar-refractivity contribution in [1.82, 2.24) is 15.0 Å². The smallest absolute Gasteiger partial charge is 0.162 e. The number of aliphatic imine (C=N–C) groups is 1. The minimum absolute atomic E-state index is 0.409. The Morgan fingerprint density at radius 2 is 1.73 bits per heavy atom. The summed E-state index contributed by atoms with van der Waals surface area (Å²) in [6.45, 7) is 1.92. The number of hydrogen-bond donors (Lipinski definition) is 1. The lowest BCUT2D eigenvalue weighted by atomic mass is 10.1. The molecule has 0 aliphatic carbocycles. The quantitative estimate of drug-likeness (QED) is 0.451. The molecule has 3 heterocycles. The standard InChI is InChI=1S/C21H17N5/c1-14-12-16(9-11-23-14)20(22)26-21-17-7-3-2-6-15(17)13-19(25-21)18-8-4-5-10-24-18/h2-13H,1H3,(H2,22,25,26).